The van der Waals surface area contributed by atoms with Gasteiger partial charge in [-0.25, -0.2) is 0 Å². The molecule has 0 N–H and O–H groups in total. The molecule has 1 fully saturated rings. The van der Waals surface area contributed by atoms with Crippen LogP contribution in [0.3, 0.4) is 0 Å². The molecule has 1 aromatic carbocycles. The van der Waals surface area contributed by atoms with E-state index in [-0.39, 0.29) is 63.2 Å². The maximum Gasteiger partial charge on any atom is 1.00 e. The third-order valence-corrected chi connectivity index (χ3v) is 3.47. The minimum Gasteiger partial charge on any atom is -0.497 e. The van der Waals surface area contributed by atoms with Crippen molar-refractivity contribution >= 4 is 12.4 Å². The van der Waals surface area contributed by atoms with Crippen LogP contribution in [0.2, 0.25) is 0 Å². The number of aryl methyl sites for hydroxylation is 1. The van der Waals surface area contributed by atoms with Crippen molar-refractivity contribution in [1.82, 2.24) is 0 Å². The first-order valence-electron chi connectivity index (χ1n) is 7.02. The summed E-state index contributed by atoms with van der Waals surface area (Å²) in [5, 5.41) is 0. The summed E-state index contributed by atoms with van der Waals surface area (Å²) < 4.78 is 49.6. The van der Waals surface area contributed by atoms with Crippen LogP contribution in [0.5, 0.6) is 5.75 Å². The monoisotopic (exact) mass is 326 g/mol. The second-order valence-electron chi connectivity index (χ2n) is 5.24. The molecule has 2 nitrogen and oxygen atoms in total. The Kier molecular flexibility index (Phi) is 8.31. The molecule has 1 aliphatic rings. The first kappa shape index (κ1) is 19.5. The Balaban J connectivity index is 0.00000220. The summed E-state index contributed by atoms with van der Waals surface area (Å²) in [5.74, 6) is -0.0598. The first-order chi connectivity index (χ1) is 9.47. The molecule has 1 aliphatic heterocycles. The number of hydrogen-bond donors (Lipinski definition) is 0. The second kappa shape index (κ2) is 8.94. The zero-order valence-electron chi connectivity index (χ0n) is 12.6. The van der Waals surface area contributed by atoms with Crippen LogP contribution in [-0.4, -0.2) is 26.3 Å². The largest absolute Gasteiger partial charge is 1.00 e. The van der Waals surface area contributed by atoms with Crippen LogP contribution in [0, 0.1) is 6.92 Å². The van der Waals surface area contributed by atoms with Gasteiger partial charge in [-0.1, -0.05) is 23.2 Å². The molecule has 112 valence electrons. The zero-order chi connectivity index (χ0) is 14.6. The SMILES string of the molecule is Cc1ccc(OCCCC2CCCO2)c([B-](F)(F)F)c1.[K+]. The van der Waals surface area contributed by atoms with E-state index in [0.717, 1.165) is 31.9 Å². The minimum atomic E-state index is -5.04. The average molecular weight is 326 g/mol. The molecule has 0 saturated carbocycles. The number of ether oxygens (including phenoxy) is 2. The Morgan fingerprint density at radius 3 is 2.71 bits per heavy atom. The van der Waals surface area contributed by atoms with Gasteiger partial charge in [-0.05, 0) is 38.7 Å². The second-order valence-corrected chi connectivity index (χ2v) is 5.24. The number of rotatable bonds is 6. The van der Waals surface area contributed by atoms with Crippen LogP contribution in [0.1, 0.15) is 31.2 Å². The van der Waals surface area contributed by atoms with Crippen molar-refractivity contribution in [2.75, 3.05) is 13.2 Å². The van der Waals surface area contributed by atoms with Gasteiger partial charge in [0.2, 0.25) is 0 Å². The number of benzene rings is 1. The molecule has 1 heterocycles. The summed E-state index contributed by atoms with van der Waals surface area (Å²) >= 11 is 0. The van der Waals surface area contributed by atoms with Crippen LogP contribution in [0.15, 0.2) is 18.2 Å². The van der Waals surface area contributed by atoms with E-state index in [9.17, 15) is 12.9 Å². The fourth-order valence-corrected chi connectivity index (χ4v) is 2.42. The van der Waals surface area contributed by atoms with Crippen molar-refractivity contribution < 1.29 is 73.8 Å². The molecule has 1 atom stereocenters. The van der Waals surface area contributed by atoms with Gasteiger partial charge in [-0.2, -0.15) is 0 Å². The predicted octanol–water partition coefficient (Wildman–Crippen LogP) is 0.391. The van der Waals surface area contributed by atoms with Gasteiger partial charge in [-0.3, -0.25) is 0 Å². The van der Waals surface area contributed by atoms with Gasteiger partial charge in [0.05, 0.1) is 18.5 Å². The van der Waals surface area contributed by atoms with Gasteiger partial charge in [0, 0.05) is 6.61 Å². The van der Waals surface area contributed by atoms with Crippen LogP contribution >= 0.6 is 0 Å². The number of halogens is 3. The van der Waals surface area contributed by atoms with Gasteiger partial charge >= 0.3 is 58.4 Å². The maximum absolute atomic E-state index is 12.9. The van der Waals surface area contributed by atoms with Gasteiger partial charge in [0.15, 0.2) is 0 Å². The summed E-state index contributed by atoms with van der Waals surface area (Å²) in [5.41, 5.74) is -0.0481. The molecule has 0 aromatic heterocycles. The molecule has 0 spiro atoms. The number of hydrogen-bond acceptors (Lipinski definition) is 2. The Bertz CT molecular complexity index is 448. The van der Waals surface area contributed by atoms with E-state index in [1.807, 2.05) is 0 Å². The first-order valence-corrected chi connectivity index (χ1v) is 7.02. The van der Waals surface area contributed by atoms with E-state index in [2.05, 4.69) is 0 Å². The third-order valence-electron chi connectivity index (χ3n) is 3.47. The van der Waals surface area contributed by atoms with Crippen molar-refractivity contribution in [3.05, 3.63) is 23.8 Å². The van der Waals surface area contributed by atoms with E-state index >= 15 is 0 Å². The van der Waals surface area contributed by atoms with Crippen LogP contribution < -0.4 is 61.6 Å². The van der Waals surface area contributed by atoms with Crippen molar-refractivity contribution in [2.24, 2.45) is 0 Å². The molecule has 2 rings (SSSR count). The fourth-order valence-electron chi connectivity index (χ4n) is 2.42. The summed E-state index contributed by atoms with van der Waals surface area (Å²) in [7, 11) is 0. The van der Waals surface area contributed by atoms with Gasteiger partial charge in [0.25, 0.3) is 0 Å². The fraction of sp³-hybridized carbons (Fsp3) is 0.571. The quantitative estimate of drug-likeness (QED) is 0.556. The van der Waals surface area contributed by atoms with E-state index < -0.39 is 12.4 Å². The van der Waals surface area contributed by atoms with Gasteiger partial charge in [0.1, 0.15) is 0 Å². The normalized spacial score (nSPS) is 18.4. The van der Waals surface area contributed by atoms with E-state index in [0.29, 0.717) is 18.6 Å². The van der Waals surface area contributed by atoms with Crippen LogP contribution in [-0.2, 0) is 4.74 Å². The van der Waals surface area contributed by atoms with Crippen molar-refractivity contribution in [1.29, 1.82) is 0 Å². The molecule has 0 bridgehead atoms. The smallest absolute Gasteiger partial charge is 0.497 e. The molecule has 1 saturated heterocycles. The summed E-state index contributed by atoms with van der Waals surface area (Å²) in [6.07, 6.45) is 3.93. The van der Waals surface area contributed by atoms with Gasteiger partial charge in [-0.15, -0.1) is 0 Å². The zero-order valence-corrected chi connectivity index (χ0v) is 15.7. The van der Waals surface area contributed by atoms with E-state index in [1.54, 1.807) is 13.0 Å². The van der Waals surface area contributed by atoms with Crippen molar-refractivity contribution in [3.8, 4) is 5.75 Å². The standard InChI is InChI=1S/C14H19BF3O2.K/c1-11-6-7-14(13(10-11)15(16,17)18)20-9-3-5-12-4-2-8-19-12;/h6-7,10,12H,2-5,8-9H2,1H3;/q-1;+1. The molecule has 7 heteroatoms. The van der Waals surface area contributed by atoms with Crippen molar-refractivity contribution in [2.45, 2.75) is 38.7 Å². The summed E-state index contributed by atoms with van der Waals surface area (Å²) in [6, 6.07) is 4.20. The van der Waals surface area contributed by atoms with Gasteiger partial charge < -0.3 is 22.4 Å². The Morgan fingerprint density at radius 1 is 1.33 bits per heavy atom. The Labute approximate surface area is 166 Å². The van der Waals surface area contributed by atoms with Crippen molar-refractivity contribution in [3.63, 3.8) is 0 Å². The molecule has 21 heavy (non-hydrogen) atoms. The Morgan fingerprint density at radius 2 is 2.10 bits per heavy atom. The van der Waals surface area contributed by atoms with E-state index in [4.69, 9.17) is 9.47 Å². The molecular formula is C14H19BF3KO2. The molecule has 0 amide bonds. The minimum absolute atomic E-state index is 0. The molecular weight excluding hydrogens is 307 g/mol. The maximum atomic E-state index is 12.9. The molecule has 0 radical (unpaired) electrons. The molecule has 1 unspecified atom stereocenters. The molecule has 1 aromatic rings. The summed E-state index contributed by atoms with van der Waals surface area (Å²) in [6.45, 7) is -2.30. The predicted molar refractivity (Wildman–Crippen MR) is 73.6 cm³/mol. The summed E-state index contributed by atoms with van der Waals surface area (Å²) in [4.78, 5) is 0. The average Bonchev–Trinajstić information content (AvgIpc) is 2.88. The molecule has 0 aliphatic carbocycles. The topological polar surface area (TPSA) is 18.5 Å². The third kappa shape index (κ3) is 6.23. The van der Waals surface area contributed by atoms with Crippen LogP contribution in [0.25, 0.3) is 0 Å². The Hall–Kier alpha value is 0.471. The van der Waals surface area contributed by atoms with Crippen LogP contribution in [0.4, 0.5) is 12.9 Å². The van der Waals surface area contributed by atoms with E-state index in [1.165, 1.54) is 6.07 Å².